The van der Waals surface area contributed by atoms with E-state index in [0.29, 0.717) is 6.61 Å². The summed E-state index contributed by atoms with van der Waals surface area (Å²) in [5, 5.41) is 6.71. The highest BCUT2D eigenvalue weighted by atomic mass is 16.5. The quantitative estimate of drug-likeness (QED) is 0.569. The van der Waals surface area contributed by atoms with Crippen LogP contribution in [0.15, 0.2) is 47.5 Å². The maximum Gasteiger partial charge on any atom is 0.195 e. The van der Waals surface area contributed by atoms with E-state index < -0.39 is 0 Å². The lowest BCUT2D eigenvalue weighted by molar-refractivity contribution is 0.258. The summed E-state index contributed by atoms with van der Waals surface area (Å²) < 4.78 is 11.0. The van der Waals surface area contributed by atoms with Crippen molar-refractivity contribution < 1.29 is 9.47 Å². The van der Waals surface area contributed by atoms with Crippen LogP contribution < -0.4 is 20.1 Å². The molecule has 0 unspecified atom stereocenters. The van der Waals surface area contributed by atoms with Crippen molar-refractivity contribution in [1.29, 1.82) is 0 Å². The Morgan fingerprint density at radius 2 is 1.96 bits per heavy atom. The van der Waals surface area contributed by atoms with Gasteiger partial charge in [0, 0.05) is 45.0 Å². The number of ether oxygens (including phenoxy) is 2. The molecule has 0 aliphatic carbocycles. The fourth-order valence-electron chi connectivity index (χ4n) is 3.42. The highest BCUT2D eigenvalue weighted by molar-refractivity contribution is 5.93. The predicted molar refractivity (Wildman–Crippen MR) is 115 cm³/mol. The van der Waals surface area contributed by atoms with E-state index in [2.05, 4.69) is 44.8 Å². The Hall–Kier alpha value is -2.73. The Balaban J connectivity index is 1.51. The van der Waals surface area contributed by atoms with Crippen LogP contribution in [-0.4, -0.2) is 51.3 Å². The number of rotatable bonds is 7. The van der Waals surface area contributed by atoms with E-state index >= 15 is 0 Å². The van der Waals surface area contributed by atoms with Gasteiger partial charge in [-0.05, 0) is 36.6 Å². The van der Waals surface area contributed by atoms with Crippen molar-refractivity contribution in [2.75, 3.05) is 45.7 Å². The molecule has 0 fully saturated rings. The maximum atomic E-state index is 5.64. The van der Waals surface area contributed by atoms with Crippen LogP contribution in [0.3, 0.4) is 0 Å². The van der Waals surface area contributed by atoms with E-state index in [-0.39, 0.29) is 0 Å². The fourth-order valence-corrected chi connectivity index (χ4v) is 3.42. The molecule has 6 heteroatoms. The van der Waals surface area contributed by atoms with Crippen molar-refractivity contribution >= 4 is 11.6 Å². The molecule has 1 heterocycles. The zero-order valence-corrected chi connectivity index (χ0v) is 17.0. The number of benzene rings is 2. The third-order valence-corrected chi connectivity index (χ3v) is 4.88. The molecule has 1 aliphatic rings. The zero-order chi connectivity index (χ0) is 19.8. The largest absolute Gasteiger partial charge is 0.493 e. The van der Waals surface area contributed by atoms with Gasteiger partial charge in [-0.25, -0.2) is 0 Å². The summed E-state index contributed by atoms with van der Waals surface area (Å²) in [6.45, 7) is 6.46. The molecule has 1 aliphatic heterocycles. The topological polar surface area (TPSA) is 58.1 Å². The normalized spacial score (nSPS) is 14.3. The molecule has 0 saturated carbocycles. The van der Waals surface area contributed by atoms with Crippen molar-refractivity contribution in [2.45, 2.75) is 19.9 Å². The zero-order valence-electron chi connectivity index (χ0n) is 17.0. The van der Waals surface area contributed by atoms with Crippen molar-refractivity contribution in [1.82, 2.24) is 10.2 Å². The minimum atomic E-state index is 0.589. The molecule has 0 spiro atoms. The molecule has 6 nitrogen and oxygen atoms in total. The van der Waals surface area contributed by atoms with Crippen LogP contribution in [0, 0.1) is 0 Å². The first-order chi connectivity index (χ1) is 13.7. The van der Waals surface area contributed by atoms with Crippen molar-refractivity contribution in [3.63, 3.8) is 0 Å². The van der Waals surface area contributed by atoms with E-state index in [1.165, 1.54) is 11.1 Å². The number of hydrogen-bond acceptors (Lipinski definition) is 4. The Labute approximate surface area is 167 Å². The molecule has 2 aromatic carbocycles. The van der Waals surface area contributed by atoms with E-state index in [1.807, 2.05) is 25.1 Å². The average molecular weight is 383 g/mol. The summed E-state index contributed by atoms with van der Waals surface area (Å²) in [7, 11) is 3.42. The molecule has 0 amide bonds. The van der Waals surface area contributed by atoms with Crippen molar-refractivity contribution in [2.24, 2.45) is 4.99 Å². The van der Waals surface area contributed by atoms with Crippen LogP contribution in [0.2, 0.25) is 0 Å². The van der Waals surface area contributed by atoms with Gasteiger partial charge in [-0.15, -0.1) is 0 Å². The van der Waals surface area contributed by atoms with Crippen molar-refractivity contribution in [3.05, 3.63) is 53.6 Å². The highest BCUT2D eigenvalue weighted by Gasteiger charge is 2.15. The molecule has 0 radical (unpaired) electrons. The molecule has 0 saturated heterocycles. The highest BCUT2D eigenvalue weighted by Crippen LogP contribution is 2.30. The van der Waals surface area contributed by atoms with Gasteiger partial charge < -0.3 is 20.1 Å². The lowest BCUT2D eigenvalue weighted by Crippen LogP contribution is -2.39. The van der Waals surface area contributed by atoms with Gasteiger partial charge in [0.25, 0.3) is 0 Å². The minimum Gasteiger partial charge on any atom is -0.493 e. The summed E-state index contributed by atoms with van der Waals surface area (Å²) in [5.41, 5.74) is 3.83. The molecule has 0 bridgehead atoms. The number of hydrogen-bond donors (Lipinski definition) is 2. The SMILES string of the molecule is CCOc1cc(NC(=NC)NCCN2CCc3ccccc3C2)ccc1OC. The van der Waals surface area contributed by atoms with E-state index in [9.17, 15) is 0 Å². The summed E-state index contributed by atoms with van der Waals surface area (Å²) in [4.78, 5) is 6.80. The first kappa shape index (κ1) is 20.0. The summed E-state index contributed by atoms with van der Waals surface area (Å²) in [6, 6.07) is 14.5. The van der Waals surface area contributed by atoms with Gasteiger partial charge in [0.05, 0.1) is 13.7 Å². The maximum absolute atomic E-state index is 5.64. The van der Waals surface area contributed by atoms with Gasteiger partial charge in [0.15, 0.2) is 17.5 Å². The molecular formula is C22H30N4O2. The molecule has 2 aromatic rings. The molecule has 3 rings (SSSR count). The standard InChI is InChI=1S/C22H30N4O2/c1-4-28-21-15-19(9-10-20(21)27-3)25-22(23-2)24-12-14-26-13-11-17-7-5-6-8-18(17)16-26/h5-10,15H,4,11-14,16H2,1-3H3,(H2,23,24,25). The van der Waals surface area contributed by atoms with E-state index in [0.717, 1.165) is 55.7 Å². The second kappa shape index (κ2) is 9.99. The smallest absolute Gasteiger partial charge is 0.195 e. The fraction of sp³-hybridized carbons (Fsp3) is 0.409. The molecule has 0 aromatic heterocycles. The van der Waals surface area contributed by atoms with E-state index in [4.69, 9.17) is 9.47 Å². The summed E-state index contributed by atoms with van der Waals surface area (Å²) in [5.74, 6) is 2.18. The number of aliphatic imine (C=N–C) groups is 1. The van der Waals surface area contributed by atoms with Crippen LogP contribution in [0.1, 0.15) is 18.1 Å². The first-order valence-corrected chi connectivity index (χ1v) is 9.81. The summed E-state index contributed by atoms with van der Waals surface area (Å²) in [6.07, 6.45) is 1.12. The molecule has 0 atom stereocenters. The van der Waals surface area contributed by atoms with Crippen LogP contribution in [0.5, 0.6) is 11.5 Å². The lowest BCUT2D eigenvalue weighted by atomic mass is 10.00. The van der Waals surface area contributed by atoms with Gasteiger partial charge >= 0.3 is 0 Å². The number of fused-ring (bicyclic) bond motifs is 1. The number of methoxy groups -OCH3 is 1. The van der Waals surface area contributed by atoms with Gasteiger partial charge in [0.1, 0.15) is 0 Å². The van der Waals surface area contributed by atoms with Crippen LogP contribution in [0.25, 0.3) is 0 Å². The van der Waals surface area contributed by atoms with Gasteiger partial charge in [0.2, 0.25) is 0 Å². The second-order valence-electron chi connectivity index (χ2n) is 6.72. The van der Waals surface area contributed by atoms with Gasteiger partial charge in [-0.3, -0.25) is 9.89 Å². The minimum absolute atomic E-state index is 0.589. The van der Waals surface area contributed by atoms with Crippen molar-refractivity contribution in [3.8, 4) is 11.5 Å². The Morgan fingerprint density at radius 3 is 2.71 bits per heavy atom. The number of nitrogens with zero attached hydrogens (tertiary/aromatic N) is 2. The van der Waals surface area contributed by atoms with Crippen LogP contribution >= 0.6 is 0 Å². The number of anilines is 1. The molecule has 28 heavy (non-hydrogen) atoms. The predicted octanol–water partition coefficient (Wildman–Crippen LogP) is 3.14. The van der Waals surface area contributed by atoms with Crippen LogP contribution in [-0.2, 0) is 13.0 Å². The Morgan fingerprint density at radius 1 is 1.14 bits per heavy atom. The first-order valence-electron chi connectivity index (χ1n) is 9.81. The van der Waals surface area contributed by atoms with E-state index in [1.54, 1.807) is 14.2 Å². The van der Waals surface area contributed by atoms with Crippen LogP contribution in [0.4, 0.5) is 5.69 Å². The number of nitrogens with one attached hydrogen (secondary N) is 2. The van der Waals surface area contributed by atoms with Gasteiger partial charge in [-0.2, -0.15) is 0 Å². The third-order valence-electron chi connectivity index (χ3n) is 4.88. The lowest BCUT2D eigenvalue weighted by Gasteiger charge is -2.28. The monoisotopic (exact) mass is 382 g/mol. The average Bonchev–Trinajstić information content (AvgIpc) is 2.73. The second-order valence-corrected chi connectivity index (χ2v) is 6.72. The summed E-state index contributed by atoms with van der Waals surface area (Å²) >= 11 is 0. The molecular weight excluding hydrogens is 352 g/mol. The Kier molecular flexibility index (Phi) is 7.14. The number of guanidine groups is 1. The Bertz CT molecular complexity index is 807. The third kappa shape index (κ3) is 5.16. The molecule has 150 valence electrons. The van der Waals surface area contributed by atoms with Gasteiger partial charge in [-0.1, -0.05) is 24.3 Å². The molecule has 2 N–H and O–H groups in total.